The van der Waals surface area contributed by atoms with Gasteiger partial charge in [0.25, 0.3) is 0 Å². The summed E-state index contributed by atoms with van der Waals surface area (Å²) in [6.07, 6.45) is -3.45. The number of anilines is 2. The number of ether oxygens (including phenoxy) is 1. The predicted octanol–water partition coefficient (Wildman–Crippen LogP) is 5.30. The molecule has 4 rings (SSSR count). The van der Waals surface area contributed by atoms with E-state index in [2.05, 4.69) is 20.3 Å². The van der Waals surface area contributed by atoms with Crippen LogP contribution in [-0.2, 0) is 12.8 Å². The topological polar surface area (TPSA) is 62.8 Å². The maximum absolute atomic E-state index is 12.7. The molecule has 0 aliphatic carbocycles. The average molecular weight is 384 g/mol. The van der Waals surface area contributed by atoms with Crippen molar-refractivity contribution >= 4 is 22.4 Å². The van der Waals surface area contributed by atoms with E-state index in [9.17, 15) is 13.2 Å². The molecule has 0 saturated heterocycles. The van der Waals surface area contributed by atoms with Crippen LogP contribution >= 0.6 is 0 Å². The van der Waals surface area contributed by atoms with Crippen molar-refractivity contribution in [1.82, 2.24) is 15.0 Å². The number of para-hydroxylation sites is 1. The molecule has 0 spiro atoms. The van der Waals surface area contributed by atoms with Crippen LogP contribution in [0, 0.1) is 0 Å². The summed E-state index contributed by atoms with van der Waals surface area (Å²) in [5.41, 5.74) is 2.38. The molecule has 0 atom stereocenters. The van der Waals surface area contributed by atoms with Crippen molar-refractivity contribution < 1.29 is 17.9 Å². The highest BCUT2D eigenvalue weighted by Crippen LogP contribution is 2.29. The fourth-order valence-electron chi connectivity index (χ4n) is 2.70. The van der Waals surface area contributed by atoms with Crippen molar-refractivity contribution in [2.75, 3.05) is 5.32 Å². The molecule has 28 heavy (non-hydrogen) atoms. The van der Waals surface area contributed by atoms with E-state index in [0.717, 1.165) is 34.7 Å². The Labute approximate surface area is 158 Å². The minimum Gasteiger partial charge on any atom is -0.486 e. The van der Waals surface area contributed by atoms with Gasteiger partial charge in [-0.2, -0.15) is 13.2 Å². The van der Waals surface area contributed by atoms with E-state index in [-0.39, 0.29) is 12.4 Å². The van der Waals surface area contributed by atoms with Gasteiger partial charge in [0.1, 0.15) is 23.9 Å². The Hall–Kier alpha value is -3.55. The monoisotopic (exact) mass is 384 g/mol. The molecule has 2 aromatic carbocycles. The lowest BCUT2D eigenvalue weighted by Gasteiger charge is -2.08. The predicted molar refractivity (Wildman–Crippen MR) is 99.4 cm³/mol. The summed E-state index contributed by atoms with van der Waals surface area (Å²) in [6, 6.07) is 17.6. The van der Waals surface area contributed by atoms with Gasteiger partial charge in [0.15, 0.2) is 0 Å². The Kier molecular flexibility index (Phi) is 4.60. The van der Waals surface area contributed by atoms with E-state index in [1.54, 1.807) is 0 Å². The number of aromatic amines is 1. The van der Waals surface area contributed by atoms with Crippen molar-refractivity contribution in [1.29, 1.82) is 0 Å². The fourth-order valence-corrected chi connectivity index (χ4v) is 2.70. The van der Waals surface area contributed by atoms with Gasteiger partial charge < -0.3 is 15.0 Å². The van der Waals surface area contributed by atoms with Gasteiger partial charge in [0, 0.05) is 23.6 Å². The molecule has 0 amide bonds. The van der Waals surface area contributed by atoms with Gasteiger partial charge in [-0.25, -0.2) is 4.98 Å². The van der Waals surface area contributed by atoms with Crippen molar-refractivity contribution in [3.8, 4) is 5.75 Å². The minimum atomic E-state index is -4.51. The number of aromatic nitrogens is 3. The van der Waals surface area contributed by atoms with E-state index in [1.807, 2.05) is 48.5 Å². The molecule has 0 saturated carbocycles. The number of nitrogens with zero attached hydrogens (tertiary/aromatic N) is 2. The van der Waals surface area contributed by atoms with Crippen LogP contribution in [0.5, 0.6) is 5.75 Å². The van der Waals surface area contributed by atoms with Gasteiger partial charge in [0.05, 0.1) is 11.0 Å². The number of hydrogen-bond acceptors (Lipinski definition) is 4. The molecule has 2 heterocycles. The fraction of sp³-hybridized carbons (Fsp3) is 0.100. The van der Waals surface area contributed by atoms with Crippen molar-refractivity contribution in [3.05, 3.63) is 78.4 Å². The number of fused-ring (bicyclic) bond motifs is 1. The van der Waals surface area contributed by atoms with Gasteiger partial charge in [-0.15, -0.1) is 0 Å². The molecule has 0 radical (unpaired) electrons. The second-order valence-corrected chi connectivity index (χ2v) is 6.07. The standard InChI is InChI=1S/C20H15F3N4O/c21-20(22,23)18-11-15(8-9-24-18)28-12-19-26-16-7-6-14(10-17(16)27-19)25-13-4-2-1-3-5-13/h1-11,25H,12H2,(H,26,27). The lowest BCUT2D eigenvalue weighted by molar-refractivity contribution is -0.141. The third-order valence-corrected chi connectivity index (χ3v) is 3.99. The smallest absolute Gasteiger partial charge is 0.433 e. The lowest BCUT2D eigenvalue weighted by atomic mass is 10.2. The first-order valence-electron chi connectivity index (χ1n) is 8.44. The van der Waals surface area contributed by atoms with E-state index in [4.69, 9.17) is 4.74 Å². The molecule has 4 aromatic rings. The zero-order valence-electron chi connectivity index (χ0n) is 14.5. The Morgan fingerprint density at radius 3 is 2.57 bits per heavy atom. The Bertz CT molecular complexity index is 1090. The van der Waals surface area contributed by atoms with Crippen molar-refractivity contribution in [3.63, 3.8) is 0 Å². The first kappa shape index (κ1) is 17.8. The first-order chi connectivity index (χ1) is 13.5. The second-order valence-electron chi connectivity index (χ2n) is 6.07. The Morgan fingerprint density at radius 2 is 1.79 bits per heavy atom. The van der Waals surface area contributed by atoms with E-state index in [0.29, 0.717) is 5.82 Å². The molecule has 0 bridgehead atoms. The van der Waals surface area contributed by atoms with E-state index < -0.39 is 11.9 Å². The van der Waals surface area contributed by atoms with Crippen LogP contribution in [0.1, 0.15) is 11.5 Å². The van der Waals surface area contributed by atoms with Gasteiger partial charge in [-0.3, -0.25) is 4.98 Å². The van der Waals surface area contributed by atoms with Gasteiger partial charge in [0.2, 0.25) is 0 Å². The highest BCUT2D eigenvalue weighted by Gasteiger charge is 2.32. The van der Waals surface area contributed by atoms with E-state index in [1.165, 1.54) is 6.07 Å². The SMILES string of the molecule is FC(F)(F)c1cc(OCc2nc3cc(Nc4ccccc4)ccc3[nH]2)ccn1. The highest BCUT2D eigenvalue weighted by molar-refractivity contribution is 5.80. The highest BCUT2D eigenvalue weighted by atomic mass is 19.4. The minimum absolute atomic E-state index is 0.0113. The third kappa shape index (κ3) is 4.06. The molecule has 142 valence electrons. The number of pyridine rings is 1. The second kappa shape index (κ2) is 7.22. The van der Waals surface area contributed by atoms with Crippen LogP contribution in [0.2, 0.25) is 0 Å². The van der Waals surface area contributed by atoms with Crippen LogP contribution in [0.3, 0.4) is 0 Å². The molecular weight excluding hydrogens is 369 g/mol. The zero-order chi connectivity index (χ0) is 19.6. The van der Waals surface area contributed by atoms with E-state index >= 15 is 0 Å². The van der Waals surface area contributed by atoms with Gasteiger partial charge >= 0.3 is 6.18 Å². The third-order valence-electron chi connectivity index (χ3n) is 3.99. The lowest BCUT2D eigenvalue weighted by Crippen LogP contribution is -2.08. The molecule has 0 fully saturated rings. The summed E-state index contributed by atoms with van der Waals surface area (Å²) in [6.45, 7) is 0.0113. The number of halogens is 3. The van der Waals surface area contributed by atoms with Crippen LogP contribution in [0.15, 0.2) is 66.9 Å². The van der Waals surface area contributed by atoms with Crippen molar-refractivity contribution in [2.24, 2.45) is 0 Å². The Morgan fingerprint density at radius 1 is 0.964 bits per heavy atom. The number of rotatable bonds is 5. The maximum Gasteiger partial charge on any atom is 0.433 e. The number of H-pyrrole nitrogens is 1. The maximum atomic E-state index is 12.7. The van der Waals surface area contributed by atoms with Crippen molar-refractivity contribution in [2.45, 2.75) is 12.8 Å². The molecule has 2 aromatic heterocycles. The first-order valence-corrected chi connectivity index (χ1v) is 8.44. The molecule has 0 aliphatic heterocycles. The number of nitrogens with one attached hydrogen (secondary N) is 2. The largest absolute Gasteiger partial charge is 0.486 e. The quantitative estimate of drug-likeness (QED) is 0.490. The molecule has 8 heteroatoms. The number of benzene rings is 2. The molecule has 0 unspecified atom stereocenters. The number of imidazole rings is 1. The zero-order valence-corrected chi connectivity index (χ0v) is 14.5. The average Bonchev–Trinajstić information content (AvgIpc) is 3.09. The van der Waals surface area contributed by atoms with Crippen LogP contribution in [0.4, 0.5) is 24.5 Å². The summed E-state index contributed by atoms with van der Waals surface area (Å²) in [4.78, 5) is 10.9. The summed E-state index contributed by atoms with van der Waals surface area (Å²) in [5, 5.41) is 3.28. The normalized spacial score (nSPS) is 11.5. The summed E-state index contributed by atoms with van der Waals surface area (Å²) in [5.74, 6) is 0.589. The summed E-state index contributed by atoms with van der Waals surface area (Å²) in [7, 11) is 0. The molecule has 0 aliphatic rings. The molecule has 5 nitrogen and oxygen atoms in total. The Balaban J connectivity index is 1.48. The van der Waals surface area contributed by atoms with Crippen LogP contribution in [0.25, 0.3) is 11.0 Å². The van der Waals surface area contributed by atoms with Crippen LogP contribution in [-0.4, -0.2) is 15.0 Å². The molecular formula is C20H15F3N4O. The molecule has 2 N–H and O–H groups in total. The summed E-state index contributed by atoms with van der Waals surface area (Å²) < 4.78 is 43.6. The van der Waals surface area contributed by atoms with Gasteiger partial charge in [-0.1, -0.05) is 18.2 Å². The number of hydrogen-bond donors (Lipinski definition) is 2. The van der Waals surface area contributed by atoms with Crippen LogP contribution < -0.4 is 10.1 Å². The van der Waals surface area contributed by atoms with Gasteiger partial charge in [-0.05, 0) is 36.4 Å². The number of alkyl halides is 3. The summed E-state index contributed by atoms with van der Waals surface area (Å²) >= 11 is 0.